The number of nitrogens with one attached hydrogen (secondary N) is 1. The molecule has 20 heavy (non-hydrogen) atoms. The number of hydrogen-bond donors (Lipinski definition) is 2. The zero-order valence-corrected chi connectivity index (χ0v) is 13.4. The highest BCUT2D eigenvalue weighted by atomic mass is 16.1. The molecule has 3 heteroatoms. The van der Waals surface area contributed by atoms with Crippen LogP contribution in [0.3, 0.4) is 0 Å². The van der Waals surface area contributed by atoms with E-state index >= 15 is 0 Å². The quantitative estimate of drug-likeness (QED) is 0.827. The maximum Gasteiger partial charge on any atom is 0.221 e. The van der Waals surface area contributed by atoms with Gasteiger partial charge in [0.15, 0.2) is 0 Å². The van der Waals surface area contributed by atoms with E-state index in [9.17, 15) is 4.79 Å². The molecule has 114 valence electrons. The molecule has 1 aromatic carbocycles. The lowest BCUT2D eigenvalue weighted by molar-refractivity contribution is -0.114. The number of nitrogens with two attached hydrogens (primary N) is 1. The molecular weight excluding hydrogens is 248 g/mol. The maximum absolute atomic E-state index is 10.9. The lowest BCUT2D eigenvalue weighted by Gasteiger charge is -2.07. The van der Waals surface area contributed by atoms with Crippen LogP contribution in [0.1, 0.15) is 52.5 Å². The molecule has 0 bridgehead atoms. The molecular formula is C17H30N2O. The first kappa shape index (κ1) is 18.7. The molecule has 0 fully saturated rings. The smallest absolute Gasteiger partial charge is 0.221 e. The van der Waals surface area contributed by atoms with E-state index in [-0.39, 0.29) is 5.91 Å². The van der Waals surface area contributed by atoms with Crippen LogP contribution in [0.5, 0.6) is 0 Å². The Morgan fingerprint density at radius 1 is 1.35 bits per heavy atom. The molecule has 0 heterocycles. The molecule has 0 saturated heterocycles. The summed E-state index contributed by atoms with van der Waals surface area (Å²) >= 11 is 0. The number of benzene rings is 1. The summed E-state index contributed by atoms with van der Waals surface area (Å²) < 4.78 is 0. The average Bonchev–Trinajstić information content (AvgIpc) is 2.38. The van der Waals surface area contributed by atoms with E-state index < -0.39 is 0 Å². The van der Waals surface area contributed by atoms with Gasteiger partial charge in [0.1, 0.15) is 0 Å². The molecule has 0 saturated carbocycles. The van der Waals surface area contributed by atoms with Crippen molar-refractivity contribution < 1.29 is 4.79 Å². The molecule has 1 amide bonds. The first-order chi connectivity index (χ1) is 9.49. The van der Waals surface area contributed by atoms with Crippen LogP contribution in [0, 0.1) is 5.92 Å². The Hall–Kier alpha value is -1.35. The fraction of sp³-hybridized carbons (Fsp3) is 0.588. The Balaban J connectivity index is 0.000000621. The molecule has 0 aliphatic rings. The van der Waals surface area contributed by atoms with Crippen LogP contribution >= 0.6 is 0 Å². The van der Waals surface area contributed by atoms with Crippen molar-refractivity contribution in [2.75, 3.05) is 11.9 Å². The Bertz CT molecular complexity index is 373. The normalized spacial score (nSPS) is 9.90. The fourth-order valence-corrected chi connectivity index (χ4v) is 1.67. The third-order valence-corrected chi connectivity index (χ3v) is 2.82. The number of unbranched alkanes of at least 4 members (excludes halogenated alkanes) is 1. The van der Waals surface area contributed by atoms with E-state index in [2.05, 4.69) is 32.2 Å². The van der Waals surface area contributed by atoms with Crippen molar-refractivity contribution in [1.82, 2.24) is 0 Å². The van der Waals surface area contributed by atoms with Crippen molar-refractivity contribution in [3.63, 3.8) is 0 Å². The highest BCUT2D eigenvalue weighted by Crippen LogP contribution is 2.14. The summed E-state index contributed by atoms with van der Waals surface area (Å²) in [5.41, 5.74) is 7.32. The minimum atomic E-state index is -0.0176. The van der Waals surface area contributed by atoms with Gasteiger partial charge in [-0.15, -0.1) is 0 Å². The van der Waals surface area contributed by atoms with Gasteiger partial charge in [-0.3, -0.25) is 4.79 Å². The van der Waals surface area contributed by atoms with Gasteiger partial charge in [-0.25, -0.2) is 0 Å². The average molecular weight is 278 g/mol. The van der Waals surface area contributed by atoms with Gasteiger partial charge in [0.25, 0.3) is 0 Å². The number of anilines is 1. The topological polar surface area (TPSA) is 55.1 Å². The van der Waals surface area contributed by atoms with Gasteiger partial charge in [-0.2, -0.15) is 0 Å². The SMILES string of the molecule is CC(=O)Nc1cccc(CCC(C)C)c1.CCCCN. The van der Waals surface area contributed by atoms with Crippen LogP contribution in [0.25, 0.3) is 0 Å². The number of aryl methyl sites for hydroxylation is 1. The summed E-state index contributed by atoms with van der Waals surface area (Å²) in [6.45, 7) is 8.94. The summed E-state index contributed by atoms with van der Waals surface area (Å²) in [4.78, 5) is 10.9. The second-order valence-corrected chi connectivity index (χ2v) is 5.46. The van der Waals surface area contributed by atoms with Crippen molar-refractivity contribution in [3.8, 4) is 0 Å². The van der Waals surface area contributed by atoms with Crippen molar-refractivity contribution in [2.45, 2.75) is 53.4 Å². The van der Waals surface area contributed by atoms with E-state index in [4.69, 9.17) is 5.73 Å². The molecule has 0 unspecified atom stereocenters. The van der Waals surface area contributed by atoms with Crippen LogP contribution in [0.2, 0.25) is 0 Å². The number of hydrogen-bond acceptors (Lipinski definition) is 2. The largest absolute Gasteiger partial charge is 0.330 e. The van der Waals surface area contributed by atoms with Crippen LogP contribution < -0.4 is 11.1 Å². The van der Waals surface area contributed by atoms with Crippen molar-refractivity contribution in [3.05, 3.63) is 29.8 Å². The summed E-state index contributed by atoms with van der Waals surface area (Å²) in [5.74, 6) is 0.699. The Labute approximate surface area is 124 Å². The first-order valence-electron chi connectivity index (χ1n) is 7.56. The van der Waals surface area contributed by atoms with Gasteiger partial charge in [-0.05, 0) is 49.4 Å². The molecule has 3 nitrogen and oxygen atoms in total. The van der Waals surface area contributed by atoms with E-state index in [1.54, 1.807) is 0 Å². The molecule has 0 aliphatic carbocycles. The van der Waals surface area contributed by atoms with Gasteiger partial charge in [0.2, 0.25) is 5.91 Å². The third kappa shape index (κ3) is 10.6. The number of carbonyl (C=O) groups is 1. The molecule has 1 rings (SSSR count). The van der Waals surface area contributed by atoms with Crippen molar-refractivity contribution >= 4 is 11.6 Å². The number of carbonyl (C=O) groups excluding carboxylic acids is 1. The number of amides is 1. The lowest BCUT2D eigenvalue weighted by atomic mass is 10.0. The summed E-state index contributed by atoms with van der Waals surface area (Å²) in [6.07, 6.45) is 4.64. The summed E-state index contributed by atoms with van der Waals surface area (Å²) in [6, 6.07) is 8.05. The van der Waals surface area contributed by atoms with Crippen molar-refractivity contribution in [2.24, 2.45) is 11.7 Å². The maximum atomic E-state index is 10.9. The van der Waals surface area contributed by atoms with Crippen LogP contribution in [-0.4, -0.2) is 12.5 Å². The van der Waals surface area contributed by atoms with E-state index in [1.165, 1.54) is 31.7 Å². The molecule has 0 aromatic heterocycles. The first-order valence-corrected chi connectivity index (χ1v) is 7.56. The van der Waals surface area contributed by atoms with Gasteiger partial charge >= 0.3 is 0 Å². The highest BCUT2D eigenvalue weighted by Gasteiger charge is 1.99. The van der Waals surface area contributed by atoms with Crippen LogP contribution in [0.4, 0.5) is 5.69 Å². The van der Waals surface area contributed by atoms with Gasteiger partial charge in [0, 0.05) is 12.6 Å². The van der Waals surface area contributed by atoms with E-state index in [0.29, 0.717) is 0 Å². The van der Waals surface area contributed by atoms with Gasteiger partial charge < -0.3 is 11.1 Å². The van der Waals surface area contributed by atoms with Crippen LogP contribution in [0.15, 0.2) is 24.3 Å². The molecule has 1 aromatic rings. The predicted molar refractivity (Wildman–Crippen MR) is 87.9 cm³/mol. The Morgan fingerprint density at radius 2 is 2.05 bits per heavy atom. The molecule has 0 radical (unpaired) electrons. The zero-order valence-electron chi connectivity index (χ0n) is 13.4. The van der Waals surface area contributed by atoms with E-state index in [1.807, 2.05) is 18.2 Å². The molecule has 0 aliphatic heterocycles. The second-order valence-electron chi connectivity index (χ2n) is 5.46. The summed E-state index contributed by atoms with van der Waals surface area (Å²) in [5, 5.41) is 2.79. The monoisotopic (exact) mass is 278 g/mol. The number of rotatable bonds is 6. The minimum absolute atomic E-state index is 0.0176. The Morgan fingerprint density at radius 3 is 2.50 bits per heavy atom. The molecule has 0 atom stereocenters. The van der Waals surface area contributed by atoms with E-state index in [0.717, 1.165) is 24.6 Å². The second kappa shape index (κ2) is 11.5. The standard InChI is InChI=1S/C13H19NO.C4H11N/c1-10(2)7-8-12-5-4-6-13(9-12)14-11(3)15;1-2-3-4-5/h4-6,9-10H,7-8H2,1-3H3,(H,14,15);2-5H2,1H3. The minimum Gasteiger partial charge on any atom is -0.330 e. The highest BCUT2D eigenvalue weighted by molar-refractivity contribution is 5.88. The van der Waals surface area contributed by atoms with Gasteiger partial charge in [-0.1, -0.05) is 39.3 Å². The Kier molecular flexibility index (Phi) is 10.7. The molecule has 3 N–H and O–H groups in total. The van der Waals surface area contributed by atoms with Crippen molar-refractivity contribution in [1.29, 1.82) is 0 Å². The van der Waals surface area contributed by atoms with Crippen LogP contribution in [-0.2, 0) is 11.2 Å². The lowest BCUT2D eigenvalue weighted by Crippen LogP contribution is -2.05. The zero-order chi connectivity index (χ0) is 15.4. The summed E-state index contributed by atoms with van der Waals surface area (Å²) in [7, 11) is 0. The predicted octanol–water partition coefficient (Wildman–Crippen LogP) is 3.98. The third-order valence-electron chi connectivity index (χ3n) is 2.82. The fourth-order valence-electron chi connectivity index (χ4n) is 1.67. The van der Waals surface area contributed by atoms with Gasteiger partial charge in [0.05, 0.1) is 0 Å². The molecule has 0 spiro atoms.